The van der Waals surface area contributed by atoms with Crippen LogP contribution in [0.4, 0.5) is 0 Å². The van der Waals surface area contributed by atoms with Crippen LogP contribution in [0.25, 0.3) is 22.1 Å². The van der Waals surface area contributed by atoms with E-state index in [0.29, 0.717) is 16.5 Å². The van der Waals surface area contributed by atoms with Crippen molar-refractivity contribution < 1.29 is 19.2 Å². The number of hydrogen-bond donors (Lipinski definition) is 2. The van der Waals surface area contributed by atoms with E-state index < -0.39 is 5.63 Å². The van der Waals surface area contributed by atoms with Gasteiger partial charge in [0.25, 0.3) is 0 Å². The first-order chi connectivity index (χ1) is 12.6. The lowest BCUT2D eigenvalue weighted by molar-refractivity contribution is -0.921. The van der Waals surface area contributed by atoms with E-state index in [2.05, 4.69) is 0 Å². The van der Waals surface area contributed by atoms with Crippen molar-refractivity contribution >= 4 is 11.0 Å². The average molecular weight is 352 g/mol. The highest BCUT2D eigenvalue weighted by atomic mass is 16.5. The standard InChI is InChI=1S/C21H21NO4/c1-14-11-18-20(21(24)17(14)13-22-7-9-25-10-8-22)16(12-19(23)26-18)15-5-3-2-4-6-15/h2-6,11-12,24H,7-10,13H2,1H3/p+1. The van der Waals surface area contributed by atoms with E-state index in [-0.39, 0.29) is 5.75 Å². The molecule has 4 rings (SSSR count). The zero-order valence-corrected chi connectivity index (χ0v) is 14.7. The number of ether oxygens (including phenoxy) is 1. The molecule has 2 heterocycles. The minimum absolute atomic E-state index is 0.210. The van der Waals surface area contributed by atoms with Gasteiger partial charge in [-0.25, -0.2) is 4.79 Å². The lowest BCUT2D eigenvalue weighted by Gasteiger charge is -2.25. The van der Waals surface area contributed by atoms with Gasteiger partial charge < -0.3 is 19.2 Å². The van der Waals surface area contributed by atoms with Gasteiger partial charge in [0, 0.05) is 11.6 Å². The van der Waals surface area contributed by atoms with Gasteiger partial charge >= 0.3 is 5.63 Å². The number of aryl methyl sites for hydroxylation is 1. The molecule has 0 spiro atoms. The SMILES string of the molecule is Cc1cc2oc(=O)cc(-c3ccccc3)c2c(O)c1C[NH+]1CCOCC1. The van der Waals surface area contributed by atoms with Gasteiger partial charge in [-0.3, -0.25) is 0 Å². The number of hydrogen-bond acceptors (Lipinski definition) is 4. The van der Waals surface area contributed by atoms with E-state index in [0.717, 1.165) is 49.5 Å². The highest BCUT2D eigenvalue weighted by molar-refractivity contribution is 5.98. The van der Waals surface area contributed by atoms with Crippen LogP contribution >= 0.6 is 0 Å². The van der Waals surface area contributed by atoms with Gasteiger partial charge in [0.1, 0.15) is 31.0 Å². The van der Waals surface area contributed by atoms with Crippen molar-refractivity contribution in [1.29, 1.82) is 0 Å². The van der Waals surface area contributed by atoms with E-state index in [9.17, 15) is 9.90 Å². The number of aromatic hydroxyl groups is 1. The summed E-state index contributed by atoms with van der Waals surface area (Å²) in [5, 5.41) is 11.7. The van der Waals surface area contributed by atoms with Gasteiger partial charge in [0.15, 0.2) is 0 Å². The first-order valence-electron chi connectivity index (χ1n) is 8.89. The summed E-state index contributed by atoms with van der Waals surface area (Å²) < 4.78 is 10.8. The number of benzene rings is 2. The zero-order chi connectivity index (χ0) is 18.1. The monoisotopic (exact) mass is 352 g/mol. The molecule has 0 aliphatic carbocycles. The Balaban J connectivity index is 1.89. The molecule has 26 heavy (non-hydrogen) atoms. The maximum absolute atomic E-state index is 12.0. The first kappa shape index (κ1) is 16.8. The molecule has 5 nitrogen and oxygen atoms in total. The van der Waals surface area contributed by atoms with Crippen LogP contribution in [0.3, 0.4) is 0 Å². The average Bonchev–Trinajstić information content (AvgIpc) is 2.66. The topological polar surface area (TPSA) is 64.1 Å². The molecule has 3 aromatic rings. The molecule has 1 fully saturated rings. The number of fused-ring (bicyclic) bond motifs is 1. The molecule has 0 bridgehead atoms. The fourth-order valence-electron chi connectivity index (χ4n) is 3.63. The predicted octanol–water partition coefficient (Wildman–Crippen LogP) is 1.89. The summed E-state index contributed by atoms with van der Waals surface area (Å²) in [5.41, 5.74) is 3.43. The van der Waals surface area contributed by atoms with Gasteiger partial charge in [-0.1, -0.05) is 30.3 Å². The summed E-state index contributed by atoms with van der Waals surface area (Å²) in [4.78, 5) is 13.4. The van der Waals surface area contributed by atoms with Crippen LogP contribution in [0.1, 0.15) is 11.1 Å². The quantitative estimate of drug-likeness (QED) is 0.707. The number of rotatable bonds is 3. The molecular formula is C21H22NO4+. The Hall–Kier alpha value is -2.63. The largest absolute Gasteiger partial charge is 0.507 e. The Morgan fingerprint density at radius 2 is 1.85 bits per heavy atom. The van der Waals surface area contributed by atoms with Crippen LogP contribution in [-0.2, 0) is 11.3 Å². The Morgan fingerprint density at radius 1 is 1.12 bits per heavy atom. The van der Waals surface area contributed by atoms with E-state index in [1.54, 1.807) is 0 Å². The number of phenolic OH excluding ortho intramolecular Hbond substituents is 1. The van der Waals surface area contributed by atoms with Gasteiger partial charge in [0.2, 0.25) is 0 Å². The lowest BCUT2D eigenvalue weighted by Crippen LogP contribution is -3.12. The highest BCUT2D eigenvalue weighted by Crippen LogP contribution is 2.37. The number of morpholine rings is 1. The zero-order valence-electron chi connectivity index (χ0n) is 14.7. The number of phenols is 1. The van der Waals surface area contributed by atoms with Crippen molar-refractivity contribution in [2.75, 3.05) is 26.3 Å². The number of quaternary nitrogens is 1. The molecule has 0 atom stereocenters. The Labute approximate surface area is 151 Å². The Kier molecular flexibility index (Phi) is 4.49. The first-order valence-corrected chi connectivity index (χ1v) is 8.89. The van der Waals surface area contributed by atoms with E-state index in [1.165, 1.54) is 11.0 Å². The van der Waals surface area contributed by atoms with Gasteiger partial charge in [-0.2, -0.15) is 0 Å². The fraction of sp³-hybridized carbons (Fsp3) is 0.286. The normalized spacial score (nSPS) is 15.4. The molecule has 134 valence electrons. The van der Waals surface area contributed by atoms with Crippen LogP contribution in [0.15, 0.2) is 51.7 Å². The third kappa shape index (κ3) is 3.11. The summed E-state index contributed by atoms with van der Waals surface area (Å²) in [6.07, 6.45) is 0. The Morgan fingerprint density at radius 3 is 2.58 bits per heavy atom. The van der Waals surface area contributed by atoms with Crippen molar-refractivity contribution in [3.63, 3.8) is 0 Å². The minimum atomic E-state index is -0.415. The lowest BCUT2D eigenvalue weighted by atomic mass is 9.96. The maximum atomic E-state index is 12.0. The van der Waals surface area contributed by atoms with E-state index in [1.807, 2.05) is 43.3 Å². The van der Waals surface area contributed by atoms with Crippen molar-refractivity contribution in [2.45, 2.75) is 13.5 Å². The molecule has 1 aromatic heterocycles. The van der Waals surface area contributed by atoms with E-state index in [4.69, 9.17) is 9.15 Å². The minimum Gasteiger partial charge on any atom is -0.507 e. The third-order valence-electron chi connectivity index (χ3n) is 5.05. The molecule has 1 aliphatic heterocycles. The smallest absolute Gasteiger partial charge is 0.336 e. The van der Waals surface area contributed by atoms with Crippen molar-refractivity contribution in [3.8, 4) is 16.9 Å². The highest BCUT2D eigenvalue weighted by Gasteiger charge is 2.22. The van der Waals surface area contributed by atoms with Crippen LogP contribution in [0.5, 0.6) is 5.75 Å². The summed E-state index contributed by atoms with van der Waals surface area (Å²) in [5.74, 6) is 0.210. The van der Waals surface area contributed by atoms with Gasteiger partial charge in [-0.05, 0) is 24.1 Å². The van der Waals surface area contributed by atoms with E-state index >= 15 is 0 Å². The van der Waals surface area contributed by atoms with Gasteiger partial charge in [-0.15, -0.1) is 0 Å². The molecule has 1 aliphatic rings. The summed E-state index contributed by atoms with van der Waals surface area (Å²) >= 11 is 0. The second-order valence-electron chi connectivity index (χ2n) is 6.78. The van der Waals surface area contributed by atoms with Crippen LogP contribution in [-0.4, -0.2) is 31.4 Å². The summed E-state index contributed by atoms with van der Waals surface area (Å²) in [6.45, 7) is 6.01. The molecule has 0 saturated carbocycles. The molecule has 0 amide bonds. The second-order valence-corrected chi connectivity index (χ2v) is 6.78. The molecular weight excluding hydrogens is 330 g/mol. The van der Waals surface area contributed by atoms with Crippen LogP contribution < -0.4 is 10.5 Å². The molecule has 0 radical (unpaired) electrons. The maximum Gasteiger partial charge on any atom is 0.336 e. The molecule has 5 heteroatoms. The van der Waals surface area contributed by atoms with Crippen molar-refractivity contribution in [2.24, 2.45) is 0 Å². The summed E-state index contributed by atoms with van der Waals surface area (Å²) in [7, 11) is 0. The van der Waals surface area contributed by atoms with Crippen molar-refractivity contribution in [1.82, 2.24) is 0 Å². The molecule has 2 N–H and O–H groups in total. The fourth-order valence-corrected chi connectivity index (χ4v) is 3.63. The molecule has 1 saturated heterocycles. The molecule has 2 aromatic carbocycles. The third-order valence-corrected chi connectivity index (χ3v) is 5.05. The molecule has 0 unspecified atom stereocenters. The van der Waals surface area contributed by atoms with Crippen molar-refractivity contribution in [3.05, 3.63) is 64.0 Å². The second kappa shape index (κ2) is 6.94. The Bertz CT molecular complexity index is 988. The van der Waals surface area contributed by atoms with Crippen LogP contribution in [0.2, 0.25) is 0 Å². The van der Waals surface area contributed by atoms with Crippen LogP contribution in [0, 0.1) is 6.92 Å². The predicted molar refractivity (Wildman–Crippen MR) is 99.5 cm³/mol. The summed E-state index contributed by atoms with van der Waals surface area (Å²) in [6, 6.07) is 12.9. The number of nitrogens with one attached hydrogen (secondary N) is 1. The van der Waals surface area contributed by atoms with Gasteiger partial charge in [0.05, 0.1) is 24.2 Å².